The molecule has 116 valence electrons. The van der Waals surface area contributed by atoms with Gasteiger partial charge in [0.15, 0.2) is 10.8 Å². The van der Waals surface area contributed by atoms with Crippen molar-refractivity contribution in [3.8, 4) is 12.1 Å². The summed E-state index contributed by atoms with van der Waals surface area (Å²) in [5.41, 5.74) is 3.14. The predicted octanol–water partition coefficient (Wildman–Crippen LogP) is -0.252. The van der Waals surface area contributed by atoms with E-state index in [1.807, 2.05) is 0 Å². The lowest BCUT2D eigenvalue weighted by Crippen LogP contribution is -2.89. The van der Waals surface area contributed by atoms with Crippen molar-refractivity contribution in [3.63, 3.8) is 0 Å². The number of benzene rings is 1. The largest absolute Gasteiger partial charge is 0.343 e. The number of fused-ring (bicyclic) bond motifs is 2. The smallest absolute Gasteiger partial charge is 0.311 e. The maximum absolute atomic E-state index is 14.4. The van der Waals surface area contributed by atoms with E-state index in [2.05, 4.69) is 17.1 Å². The molecule has 0 unspecified atom stereocenters. The van der Waals surface area contributed by atoms with Gasteiger partial charge in [0.25, 0.3) is 5.84 Å². The molecule has 0 aromatic heterocycles. The van der Waals surface area contributed by atoms with Gasteiger partial charge in [-0.1, -0.05) is 17.7 Å². The van der Waals surface area contributed by atoms with Crippen LogP contribution in [0.5, 0.6) is 0 Å². The molecule has 2 fully saturated rings. The Morgan fingerprint density at radius 2 is 2.00 bits per heavy atom. The van der Waals surface area contributed by atoms with Gasteiger partial charge in [-0.3, -0.25) is 5.73 Å². The van der Waals surface area contributed by atoms with E-state index in [0.29, 0.717) is 0 Å². The van der Waals surface area contributed by atoms with Crippen LogP contribution < -0.4 is 10.7 Å². The van der Waals surface area contributed by atoms with E-state index < -0.39 is 28.5 Å². The summed E-state index contributed by atoms with van der Waals surface area (Å²) in [7, 11) is 0. The van der Waals surface area contributed by atoms with Gasteiger partial charge in [-0.25, -0.2) is 9.38 Å². The molecule has 2 aliphatic heterocycles. The second kappa shape index (κ2) is 4.21. The monoisotopic (exact) mass is 333 g/mol. The van der Waals surface area contributed by atoms with Crippen LogP contribution >= 0.6 is 11.6 Å². The van der Waals surface area contributed by atoms with Crippen molar-refractivity contribution in [1.82, 2.24) is 0 Å². The first kappa shape index (κ1) is 14.4. The van der Waals surface area contributed by atoms with E-state index in [-0.39, 0.29) is 29.6 Å². The molecule has 3 N–H and O–H groups in total. The molecule has 1 aromatic carbocycles. The van der Waals surface area contributed by atoms with Gasteiger partial charge in [-0.2, -0.15) is 10.5 Å². The van der Waals surface area contributed by atoms with Crippen LogP contribution in [0.1, 0.15) is 11.5 Å². The van der Waals surface area contributed by atoms with Gasteiger partial charge < -0.3 is 9.47 Å². The van der Waals surface area contributed by atoms with Crippen molar-refractivity contribution in [1.29, 1.82) is 10.5 Å². The highest BCUT2D eigenvalue weighted by atomic mass is 35.5. The van der Waals surface area contributed by atoms with E-state index in [1.165, 1.54) is 18.2 Å². The molecule has 1 aliphatic carbocycles. The molecule has 1 saturated heterocycles. The zero-order valence-electron chi connectivity index (χ0n) is 11.8. The average Bonchev–Trinajstić information content (AvgIpc) is 2.77. The Kier molecular flexibility index (Phi) is 2.64. The average molecular weight is 334 g/mol. The third-order valence-corrected chi connectivity index (χ3v) is 5.31. The number of hydrogen-bond acceptors (Lipinski definition) is 5. The normalized spacial score (nSPS) is 36.2. The van der Waals surface area contributed by atoms with Crippen LogP contribution in [0.4, 0.5) is 4.39 Å². The second-order valence-corrected chi connectivity index (χ2v) is 6.17. The Morgan fingerprint density at radius 3 is 2.57 bits per heavy atom. The predicted molar refractivity (Wildman–Crippen MR) is 75.0 cm³/mol. The highest BCUT2D eigenvalue weighted by molar-refractivity contribution is 6.31. The third-order valence-electron chi connectivity index (χ3n) is 4.98. The summed E-state index contributed by atoms with van der Waals surface area (Å²) in [5.74, 6) is -2.99. The number of nitrogens with one attached hydrogen (secondary N) is 1. The molecule has 8 heteroatoms. The lowest BCUT2D eigenvalue weighted by molar-refractivity contribution is -0.676. The maximum Gasteiger partial charge on any atom is 0.343 e. The van der Waals surface area contributed by atoms with Crippen LogP contribution in [-0.4, -0.2) is 25.0 Å². The van der Waals surface area contributed by atoms with Crippen molar-refractivity contribution in [2.75, 3.05) is 13.2 Å². The topological polar surface area (TPSA) is 106 Å². The number of ether oxygens (including phenoxy) is 2. The van der Waals surface area contributed by atoms with Crippen LogP contribution in [0.3, 0.4) is 0 Å². The molecule has 4 rings (SSSR count). The Bertz CT molecular complexity index is 819. The fourth-order valence-electron chi connectivity index (χ4n) is 4.04. The van der Waals surface area contributed by atoms with Crippen LogP contribution in [0, 0.1) is 39.3 Å². The number of nitrogens with two attached hydrogens (primary N) is 1. The van der Waals surface area contributed by atoms with Crippen molar-refractivity contribution >= 4 is 17.4 Å². The molecule has 3 aliphatic rings. The summed E-state index contributed by atoms with van der Waals surface area (Å²) in [5, 5.41) is 19.8. The van der Waals surface area contributed by atoms with E-state index in [1.54, 1.807) is 0 Å². The van der Waals surface area contributed by atoms with Gasteiger partial charge >= 0.3 is 5.91 Å². The minimum atomic E-state index is -1.56. The van der Waals surface area contributed by atoms with E-state index >= 15 is 0 Å². The Labute approximate surface area is 135 Å². The zero-order valence-corrected chi connectivity index (χ0v) is 12.5. The SMILES string of the molecule is N#C[C@@]12C(N)=[NH+]C3(OCCO3)[C@]1(C#N)[C@H]2c1c(F)cccc1Cl. The Hall–Kier alpha value is -2.19. The molecule has 1 spiro atoms. The highest BCUT2D eigenvalue weighted by Gasteiger charge is 2.98. The fourth-order valence-corrected chi connectivity index (χ4v) is 4.31. The highest BCUT2D eigenvalue weighted by Crippen LogP contribution is 2.79. The van der Waals surface area contributed by atoms with Gasteiger partial charge in [-0.05, 0) is 12.1 Å². The van der Waals surface area contributed by atoms with Crippen LogP contribution in [-0.2, 0) is 9.47 Å². The number of halogens is 2. The minimum absolute atomic E-state index is 0.0350. The molecular weight excluding hydrogens is 323 g/mol. The van der Waals surface area contributed by atoms with Gasteiger partial charge in [0, 0.05) is 10.6 Å². The van der Waals surface area contributed by atoms with Crippen LogP contribution in [0.25, 0.3) is 0 Å². The molecule has 2 heterocycles. The van der Waals surface area contributed by atoms with Crippen LogP contribution in [0.15, 0.2) is 18.2 Å². The number of hydrogen-bond donors (Lipinski definition) is 2. The first-order chi connectivity index (χ1) is 11.0. The lowest BCUT2D eigenvalue weighted by atomic mass is 9.94. The fraction of sp³-hybridized carbons (Fsp3) is 0.400. The summed E-state index contributed by atoms with van der Waals surface area (Å²) in [4.78, 5) is 2.79. The molecule has 6 nitrogen and oxygen atoms in total. The molecule has 0 bridgehead atoms. The summed E-state index contributed by atoms with van der Waals surface area (Å²) in [6.45, 7) is 0.478. The van der Waals surface area contributed by atoms with Crippen molar-refractivity contribution in [3.05, 3.63) is 34.6 Å². The summed E-state index contributed by atoms with van der Waals surface area (Å²) >= 11 is 6.15. The summed E-state index contributed by atoms with van der Waals surface area (Å²) in [6.07, 6.45) is 0. The van der Waals surface area contributed by atoms with Gasteiger partial charge in [0.1, 0.15) is 5.82 Å². The van der Waals surface area contributed by atoms with E-state index in [9.17, 15) is 14.9 Å². The quantitative estimate of drug-likeness (QED) is 0.737. The first-order valence-corrected chi connectivity index (χ1v) is 7.34. The Morgan fingerprint density at radius 1 is 1.30 bits per heavy atom. The zero-order chi connectivity index (χ0) is 16.5. The second-order valence-electron chi connectivity index (χ2n) is 5.76. The number of amidine groups is 1. The third kappa shape index (κ3) is 1.29. The number of nitriles is 2. The van der Waals surface area contributed by atoms with Crippen molar-refractivity contribution < 1.29 is 18.9 Å². The van der Waals surface area contributed by atoms with Crippen LogP contribution in [0.2, 0.25) is 5.02 Å². The maximum atomic E-state index is 14.4. The lowest BCUT2D eigenvalue weighted by Gasteiger charge is -2.23. The number of nitrogens with zero attached hydrogens (tertiary/aromatic N) is 2. The summed E-state index contributed by atoms with van der Waals surface area (Å²) < 4.78 is 25.6. The van der Waals surface area contributed by atoms with Gasteiger partial charge in [0.2, 0.25) is 0 Å². The molecular formula is C15H11ClFN4O2+. The molecule has 0 radical (unpaired) electrons. The molecule has 3 atom stereocenters. The van der Waals surface area contributed by atoms with E-state index in [0.717, 1.165) is 0 Å². The molecule has 23 heavy (non-hydrogen) atoms. The molecule has 1 saturated carbocycles. The molecule has 1 aromatic rings. The Balaban J connectivity index is 2.00. The standard InChI is InChI=1S/C15H10ClFN4O2/c16-8-2-1-3-9(17)10(8)11-13(6-18)12(20)21-15(14(11,13)7-19)22-4-5-23-15/h1-3,11H,4-5H2,(H2,20,21)/p+1/t11-,13+,14+/m0/s1. The first-order valence-electron chi connectivity index (χ1n) is 6.96. The molecule has 0 amide bonds. The minimum Gasteiger partial charge on any atom is -0.311 e. The van der Waals surface area contributed by atoms with Gasteiger partial charge in [-0.15, -0.1) is 0 Å². The van der Waals surface area contributed by atoms with Crippen molar-refractivity contribution in [2.24, 2.45) is 16.6 Å². The van der Waals surface area contributed by atoms with Gasteiger partial charge in [0.05, 0.1) is 31.3 Å². The number of rotatable bonds is 1. The summed E-state index contributed by atoms with van der Waals surface area (Å²) in [6, 6.07) is 8.39. The van der Waals surface area contributed by atoms with E-state index in [4.69, 9.17) is 26.8 Å². The van der Waals surface area contributed by atoms with Crippen molar-refractivity contribution in [2.45, 2.75) is 11.8 Å².